The van der Waals surface area contributed by atoms with Crippen LogP contribution in [0.25, 0.3) is 0 Å². The first-order valence-corrected chi connectivity index (χ1v) is 4.60. The van der Waals surface area contributed by atoms with Crippen molar-refractivity contribution in [3.63, 3.8) is 0 Å². The molecule has 0 bridgehead atoms. The van der Waals surface area contributed by atoms with Gasteiger partial charge in [0.25, 0.3) is 0 Å². The van der Waals surface area contributed by atoms with E-state index in [-0.39, 0.29) is 5.54 Å². The lowest BCUT2D eigenvalue weighted by Gasteiger charge is -2.29. The van der Waals surface area contributed by atoms with Crippen LogP contribution < -0.4 is 11.1 Å². The zero-order chi connectivity index (χ0) is 8.32. The fourth-order valence-electron chi connectivity index (χ4n) is 1.65. The second kappa shape index (κ2) is 3.55. The molecule has 2 heteroatoms. The third kappa shape index (κ3) is 2.80. The molecule has 0 aliphatic carbocycles. The Labute approximate surface area is 69.5 Å². The highest BCUT2D eigenvalue weighted by atomic mass is 14.9. The smallest absolute Gasteiger partial charge is 0.0137 e. The highest BCUT2D eigenvalue weighted by Crippen LogP contribution is 2.21. The predicted octanol–water partition coefficient (Wildman–Crippen LogP) is 1.11. The van der Waals surface area contributed by atoms with Crippen LogP contribution in [-0.2, 0) is 0 Å². The molecule has 0 amide bonds. The molecule has 1 fully saturated rings. The zero-order valence-corrected chi connectivity index (χ0v) is 7.69. The first-order valence-electron chi connectivity index (χ1n) is 4.60. The third-order valence-electron chi connectivity index (χ3n) is 2.60. The fraction of sp³-hybridized carbons (Fsp3) is 1.00. The van der Waals surface area contributed by atoms with Crippen LogP contribution in [0.2, 0.25) is 0 Å². The summed E-state index contributed by atoms with van der Waals surface area (Å²) in [6, 6.07) is 0. The van der Waals surface area contributed by atoms with E-state index in [4.69, 9.17) is 5.73 Å². The maximum absolute atomic E-state index is 6.04. The van der Waals surface area contributed by atoms with Gasteiger partial charge in [-0.05, 0) is 45.7 Å². The fourth-order valence-corrected chi connectivity index (χ4v) is 1.65. The van der Waals surface area contributed by atoms with Crippen molar-refractivity contribution in [2.24, 2.45) is 11.7 Å². The highest BCUT2D eigenvalue weighted by Gasteiger charge is 2.25. The Morgan fingerprint density at radius 2 is 2.09 bits per heavy atom. The molecule has 3 N–H and O–H groups in total. The average molecular weight is 156 g/mol. The number of hydrogen-bond acceptors (Lipinski definition) is 2. The van der Waals surface area contributed by atoms with Gasteiger partial charge >= 0.3 is 0 Å². The average Bonchev–Trinajstić information content (AvgIpc) is 2.10. The topological polar surface area (TPSA) is 38.0 Å². The molecule has 66 valence electrons. The maximum Gasteiger partial charge on any atom is 0.0137 e. The van der Waals surface area contributed by atoms with Crippen LogP contribution >= 0.6 is 0 Å². The van der Waals surface area contributed by atoms with Crippen LogP contribution in [0.5, 0.6) is 0 Å². The molecule has 1 unspecified atom stereocenters. The van der Waals surface area contributed by atoms with Gasteiger partial charge in [-0.1, -0.05) is 6.42 Å². The Morgan fingerprint density at radius 1 is 1.36 bits per heavy atom. The number of rotatable bonds is 1. The summed E-state index contributed by atoms with van der Waals surface area (Å²) in [7, 11) is 0. The van der Waals surface area contributed by atoms with Gasteiger partial charge in [0, 0.05) is 5.54 Å². The van der Waals surface area contributed by atoms with E-state index in [1.165, 1.54) is 25.8 Å². The lowest BCUT2D eigenvalue weighted by molar-refractivity contribution is 0.301. The standard InChI is InChI=1S/C9H20N2/c1-9(2,10)8-5-3-4-6-11-7-8/h8,11H,3-7,10H2,1-2H3. The summed E-state index contributed by atoms with van der Waals surface area (Å²) in [4.78, 5) is 0. The van der Waals surface area contributed by atoms with Gasteiger partial charge in [0.05, 0.1) is 0 Å². The van der Waals surface area contributed by atoms with Crippen LogP contribution in [0.4, 0.5) is 0 Å². The van der Waals surface area contributed by atoms with Crippen LogP contribution in [0.3, 0.4) is 0 Å². The third-order valence-corrected chi connectivity index (χ3v) is 2.60. The first kappa shape index (κ1) is 9.01. The molecule has 1 atom stereocenters. The Bertz CT molecular complexity index is 107. The van der Waals surface area contributed by atoms with Gasteiger partial charge < -0.3 is 11.1 Å². The zero-order valence-electron chi connectivity index (χ0n) is 7.69. The van der Waals surface area contributed by atoms with Crippen molar-refractivity contribution in [2.75, 3.05) is 13.1 Å². The minimum absolute atomic E-state index is 0.00264. The summed E-state index contributed by atoms with van der Waals surface area (Å²) >= 11 is 0. The molecule has 0 spiro atoms. The summed E-state index contributed by atoms with van der Waals surface area (Å²) in [5.74, 6) is 0.657. The lowest BCUT2D eigenvalue weighted by Crippen LogP contribution is -2.44. The Hall–Kier alpha value is -0.0800. The van der Waals surface area contributed by atoms with Gasteiger partial charge in [-0.3, -0.25) is 0 Å². The van der Waals surface area contributed by atoms with Crippen molar-refractivity contribution < 1.29 is 0 Å². The second-order valence-corrected chi connectivity index (χ2v) is 4.22. The van der Waals surface area contributed by atoms with Gasteiger partial charge in [-0.15, -0.1) is 0 Å². The van der Waals surface area contributed by atoms with Gasteiger partial charge in [-0.25, -0.2) is 0 Å². The Kier molecular flexibility index (Phi) is 2.90. The summed E-state index contributed by atoms with van der Waals surface area (Å²) in [6.07, 6.45) is 3.93. The molecule has 0 aromatic rings. The van der Waals surface area contributed by atoms with E-state index >= 15 is 0 Å². The number of nitrogens with one attached hydrogen (secondary N) is 1. The van der Waals surface area contributed by atoms with Crippen molar-refractivity contribution in [2.45, 2.75) is 38.6 Å². The van der Waals surface area contributed by atoms with Gasteiger partial charge in [0.2, 0.25) is 0 Å². The molecule has 1 rings (SSSR count). The van der Waals surface area contributed by atoms with Crippen molar-refractivity contribution in [3.8, 4) is 0 Å². The Morgan fingerprint density at radius 3 is 2.73 bits per heavy atom. The van der Waals surface area contributed by atoms with E-state index in [0.29, 0.717) is 5.92 Å². The van der Waals surface area contributed by atoms with Crippen molar-refractivity contribution in [3.05, 3.63) is 0 Å². The van der Waals surface area contributed by atoms with Gasteiger partial charge in [-0.2, -0.15) is 0 Å². The van der Waals surface area contributed by atoms with Gasteiger partial charge in [0.15, 0.2) is 0 Å². The molecule has 1 aliphatic rings. The van der Waals surface area contributed by atoms with E-state index in [2.05, 4.69) is 19.2 Å². The van der Waals surface area contributed by atoms with Crippen LogP contribution in [0.1, 0.15) is 33.1 Å². The van der Waals surface area contributed by atoms with E-state index < -0.39 is 0 Å². The summed E-state index contributed by atoms with van der Waals surface area (Å²) in [5.41, 5.74) is 6.04. The predicted molar refractivity (Wildman–Crippen MR) is 48.5 cm³/mol. The monoisotopic (exact) mass is 156 g/mol. The summed E-state index contributed by atoms with van der Waals surface area (Å²) < 4.78 is 0. The van der Waals surface area contributed by atoms with Crippen LogP contribution in [0, 0.1) is 5.92 Å². The minimum atomic E-state index is -0.00264. The van der Waals surface area contributed by atoms with Crippen molar-refractivity contribution >= 4 is 0 Å². The van der Waals surface area contributed by atoms with E-state index in [1.807, 2.05) is 0 Å². The summed E-state index contributed by atoms with van der Waals surface area (Å²) in [5, 5.41) is 3.42. The van der Waals surface area contributed by atoms with Crippen molar-refractivity contribution in [1.82, 2.24) is 5.32 Å². The van der Waals surface area contributed by atoms with E-state index in [0.717, 1.165) is 6.54 Å². The van der Waals surface area contributed by atoms with Gasteiger partial charge in [0.1, 0.15) is 0 Å². The molecular weight excluding hydrogens is 136 g/mol. The van der Waals surface area contributed by atoms with E-state index in [1.54, 1.807) is 0 Å². The molecular formula is C9H20N2. The molecule has 11 heavy (non-hydrogen) atoms. The van der Waals surface area contributed by atoms with Crippen molar-refractivity contribution in [1.29, 1.82) is 0 Å². The highest BCUT2D eigenvalue weighted by molar-refractivity contribution is 4.84. The molecule has 0 aromatic heterocycles. The second-order valence-electron chi connectivity index (χ2n) is 4.22. The first-order chi connectivity index (χ1) is 5.11. The normalized spacial score (nSPS) is 28.1. The van der Waals surface area contributed by atoms with Crippen LogP contribution in [0.15, 0.2) is 0 Å². The molecule has 1 saturated heterocycles. The quantitative estimate of drug-likeness (QED) is 0.597. The Balaban J connectivity index is 2.43. The van der Waals surface area contributed by atoms with E-state index in [9.17, 15) is 0 Å². The SMILES string of the molecule is CC(C)(N)C1CCCCNC1. The largest absolute Gasteiger partial charge is 0.325 e. The molecule has 0 aromatic carbocycles. The van der Waals surface area contributed by atoms with Crippen LogP contribution in [-0.4, -0.2) is 18.6 Å². The summed E-state index contributed by atoms with van der Waals surface area (Å²) in [6.45, 7) is 6.53. The lowest BCUT2D eigenvalue weighted by atomic mass is 9.85. The molecule has 0 saturated carbocycles. The number of nitrogens with two attached hydrogens (primary N) is 1. The number of hydrogen-bond donors (Lipinski definition) is 2. The molecule has 2 nitrogen and oxygen atoms in total. The molecule has 1 aliphatic heterocycles. The maximum atomic E-state index is 6.04. The molecule has 0 radical (unpaired) electrons. The molecule has 1 heterocycles. The minimum Gasteiger partial charge on any atom is -0.325 e.